The number of ether oxygens (including phenoxy) is 1. The number of hydrogen-bond donors (Lipinski definition) is 1. The predicted octanol–water partition coefficient (Wildman–Crippen LogP) is 3.09. The molecule has 1 atom stereocenters. The third-order valence-corrected chi connectivity index (χ3v) is 7.26. The van der Waals surface area contributed by atoms with Gasteiger partial charge in [-0.25, -0.2) is 0 Å². The van der Waals surface area contributed by atoms with Crippen LogP contribution in [-0.2, 0) is 11.3 Å². The molecule has 2 aromatic heterocycles. The number of aromatic nitrogens is 2. The van der Waals surface area contributed by atoms with Gasteiger partial charge in [-0.1, -0.05) is 12.1 Å². The summed E-state index contributed by atoms with van der Waals surface area (Å²) in [4.78, 5) is 27.7. The third-order valence-electron chi connectivity index (χ3n) is 7.26. The highest BCUT2D eigenvalue weighted by Crippen LogP contribution is 2.31. The molecule has 2 aliphatic heterocycles. The zero-order valence-electron chi connectivity index (χ0n) is 21.0. The number of carbonyl (C=O) groups is 1. The first kappa shape index (κ1) is 24.5. The summed E-state index contributed by atoms with van der Waals surface area (Å²) in [6.45, 7) is 4.77. The Balaban J connectivity index is 1.15. The van der Waals surface area contributed by atoms with Gasteiger partial charge in [0.05, 0.1) is 17.7 Å². The van der Waals surface area contributed by atoms with Crippen LogP contribution in [0, 0.1) is 0 Å². The van der Waals surface area contributed by atoms with Crippen LogP contribution in [0.25, 0.3) is 10.9 Å². The third kappa shape index (κ3) is 5.77. The van der Waals surface area contributed by atoms with Crippen molar-refractivity contribution in [2.45, 2.75) is 37.8 Å². The number of likely N-dealkylation sites (N-methyl/N-ethyl adjacent to an activating group) is 1. The van der Waals surface area contributed by atoms with Crippen molar-refractivity contribution in [2.24, 2.45) is 0 Å². The molecule has 0 spiro atoms. The van der Waals surface area contributed by atoms with E-state index in [4.69, 9.17) is 4.74 Å². The zero-order valence-corrected chi connectivity index (χ0v) is 21.0. The molecule has 1 N–H and O–H groups in total. The number of benzene rings is 1. The number of pyridine rings is 2. The van der Waals surface area contributed by atoms with Crippen LogP contribution in [0.15, 0.2) is 55.0 Å². The Morgan fingerprint density at radius 1 is 1.08 bits per heavy atom. The highest BCUT2D eigenvalue weighted by Gasteiger charge is 2.36. The summed E-state index contributed by atoms with van der Waals surface area (Å²) in [5, 5.41) is 12.4. The second-order valence-electron chi connectivity index (χ2n) is 10.1. The summed E-state index contributed by atoms with van der Waals surface area (Å²) < 4.78 is 5.76. The fourth-order valence-corrected chi connectivity index (χ4v) is 5.37. The van der Waals surface area contributed by atoms with Gasteiger partial charge in [0, 0.05) is 56.3 Å². The number of nitrogens with zero attached hydrogens (tertiary/aromatic N) is 5. The second-order valence-corrected chi connectivity index (χ2v) is 10.1. The van der Waals surface area contributed by atoms with Crippen LogP contribution in [-0.4, -0.2) is 82.8 Å². The molecule has 0 radical (unpaired) electrons. The van der Waals surface area contributed by atoms with Crippen molar-refractivity contribution >= 4 is 22.5 Å². The fourth-order valence-electron chi connectivity index (χ4n) is 5.37. The molecule has 5 rings (SSSR count). The number of amides is 1. The van der Waals surface area contributed by atoms with Crippen molar-refractivity contribution in [3.63, 3.8) is 0 Å². The zero-order chi connectivity index (χ0) is 25.0. The molecule has 8 heteroatoms. The Labute approximate surface area is 212 Å². The van der Waals surface area contributed by atoms with E-state index in [1.807, 2.05) is 30.5 Å². The molecule has 8 nitrogen and oxygen atoms in total. The summed E-state index contributed by atoms with van der Waals surface area (Å²) >= 11 is 0. The topological polar surface area (TPSA) is 82.0 Å². The molecule has 2 fully saturated rings. The number of rotatable bonds is 8. The number of piperidine rings is 1. The van der Waals surface area contributed by atoms with Gasteiger partial charge in [-0.2, -0.15) is 0 Å². The number of fused-ring (bicyclic) bond motifs is 1. The van der Waals surface area contributed by atoms with E-state index in [0.717, 1.165) is 36.1 Å². The van der Waals surface area contributed by atoms with Gasteiger partial charge in [0.1, 0.15) is 5.75 Å². The minimum atomic E-state index is -1.00. The molecule has 1 aromatic carbocycles. The maximum atomic E-state index is 12.8. The molecule has 0 bridgehead atoms. The fraction of sp³-hybridized carbons (Fsp3) is 0.464. The Morgan fingerprint density at radius 3 is 2.69 bits per heavy atom. The summed E-state index contributed by atoms with van der Waals surface area (Å²) in [7, 11) is 1.73. The van der Waals surface area contributed by atoms with E-state index in [9.17, 15) is 9.90 Å². The predicted molar refractivity (Wildman–Crippen MR) is 140 cm³/mol. The molecular formula is C28H35N5O3. The lowest BCUT2D eigenvalue weighted by atomic mass is 9.91. The van der Waals surface area contributed by atoms with Crippen LogP contribution in [0.1, 0.15) is 31.2 Å². The molecule has 0 aliphatic carbocycles. The smallest absolute Gasteiger partial charge is 0.260 e. The molecule has 2 saturated heterocycles. The largest absolute Gasteiger partial charge is 0.484 e. The van der Waals surface area contributed by atoms with Crippen molar-refractivity contribution < 1.29 is 14.6 Å². The van der Waals surface area contributed by atoms with Crippen LogP contribution in [0.5, 0.6) is 5.75 Å². The molecule has 4 heterocycles. The van der Waals surface area contributed by atoms with E-state index in [0.29, 0.717) is 18.7 Å². The van der Waals surface area contributed by atoms with E-state index in [-0.39, 0.29) is 19.1 Å². The van der Waals surface area contributed by atoms with Crippen molar-refractivity contribution in [3.05, 3.63) is 60.6 Å². The number of β-amino-alcohol motifs (C(OH)–C–C–N with tert-alkyl or cyclic N) is 1. The van der Waals surface area contributed by atoms with Crippen LogP contribution in [0.4, 0.5) is 5.69 Å². The average Bonchev–Trinajstić information content (AvgIpc) is 3.40. The number of anilines is 1. The molecular weight excluding hydrogens is 454 g/mol. The van der Waals surface area contributed by atoms with E-state index < -0.39 is 5.60 Å². The second kappa shape index (κ2) is 10.8. The lowest BCUT2D eigenvalue weighted by Gasteiger charge is -2.42. The minimum absolute atomic E-state index is 0.0531. The number of aliphatic hydroxyl groups is 1. The van der Waals surface area contributed by atoms with E-state index in [1.54, 1.807) is 24.3 Å². The van der Waals surface area contributed by atoms with Crippen molar-refractivity contribution in [1.82, 2.24) is 19.8 Å². The summed E-state index contributed by atoms with van der Waals surface area (Å²) in [6, 6.07) is 11.9. The van der Waals surface area contributed by atoms with Crippen LogP contribution < -0.4 is 9.64 Å². The van der Waals surface area contributed by atoms with Gasteiger partial charge in [-0.3, -0.25) is 19.7 Å². The number of likely N-dealkylation sites (tertiary alicyclic amines) is 1. The maximum Gasteiger partial charge on any atom is 0.260 e. The van der Waals surface area contributed by atoms with Gasteiger partial charge in [0.25, 0.3) is 5.91 Å². The lowest BCUT2D eigenvalue weighted by Crippen LogP contribution is -2.55. The summed E-state index contributed by atoms with van der Waals surface area (Å²) in [6.07, 6.45) is 9.38. The Bertz CT molecular complexity index is 1180. The van der Waals surface area contributed by atoms with E-state index >= 15 is 0 Å². The lowest BCUT2D eigenvalue weighted by molar-refractivity contribution is -0.135. The van der Waals surface area contributed by atoms with Gasteiger partial charge in [0.2, 0.25) is 0 Å². The van der Waals surface area contributed by atoms with Crippen molar-refractivity contribution in [3.8, 4) is 5.75 Å². The molecule has 2 aliphatic rings. The summed E-state index contributed by atoms with van der Waals surface area (Å²) in [5.41, 5.74) is 2.15. The maximum absolute atomic E-state index is 12.8. The average molecular weight is 490 g/mol. The molecule has 0 saturated carbocycles. The number of carbonyl (C=O) groups excluding carboxylic acids is 1. The molecule has 1 amide bonds. The quantitative estimate of drug-likeness (QED) is 0.521. The van der Waals surface area contributed by atoms with E-state index in [1.165, 1.54) is 31.5 Å². The summed E-state index contributed by atoms with van der Waals surface area (Å²) in [5.74, 6) is 0.530. The Kier molecular flexibility index (Phi) is 7.34. The Morgan fingerprint density at radius 2 is 1.89 bits per heavy atom. The first-order chi connectivity index (χ1) is 17.5. The molecule has 36 heavy (non-hydrogen) atoms. The van der Waals surface area contributed by atoms with Crippen LogP contribution in [0.2, 0.25) is 0 Å². The SMILES string of the molecule is CN(C[C@@]1(O)CCCN(c2ccnc3ccncc23)C1)C(=O)COc1ccc(CN2CCCC2)cc1. The van der Waals surface area contributed by atoms with Crippen LogP contribution in [0.3, 0.4) is 0 Å². The van der Waals surface area contributed by atoms with E-state index in [2.05, 4.69) is 31.9 Å². The first-order valence-electron chi connectivity index (χ1n) is 12.8. The Hall–Kier alpha value is -3.23. The normalized spacial score (nSPS) is 20.6. The molecule has 190 valence electrons. The van der Waals surface area contributed by atoms with Gasteiger partial charge in [-0.15, -0.1) is 0 Å². The minimum Gasteiger partial charge on any atom is -0.484 e. The van der Waals surface area contributed by atoms with Gasteiger partial charge >= 0.3 is 0 Å². The van der Waals surface area contributed by atoms with Gasteiger partial charge in [-0.05, 0) is 68.6 Å². The van der Waals surface area contributed by atoms with Gasteiger partial charge in [0.15, 0.2) is 6.61 Å². The number of hydrogen-bond acceptors (Lipinski definition) is 7. The molecule has 0 unspecified atom stereocenters. The van der Waals surface area contributed by atoms with Gasteiger partial charge < -0.3 is 19.6 Å². The highest BCUT2D eigenvalue weighted by molar-refractivity contribution is 5.90. The van der Waals surface area contributed by atoms with Crippen LogP contribution >= 0.6 is 0 Å². The monoisotopic (exact) mass is 489 g/mol. The first-order valence-corrected chi connectivity index (χ1v) is 12.8. The standard InChI is InChI=1S/C28H35N5O3/c1-31(27(34)19-36-23-7-5-22(6-8-23)18-32-14-2-3-15-32)20-28(35)11-4-16-33(21-28)26-10-13-30-25-9-12-29-17-24(25)26/h5-10,12-13,17,35H,2-4,11,14-16,18-21H2,1H3/t28-/m0/s1. The highest BCUT2D eigenvalue weighted by atomic mass is 16.5. The van der Waals surface area contributed by atoms with Crippen molar-refractivity contribution in [1.29, 1.82) is 0 Å². The molecule has 3 aromatic rings. The van der Waals surface area contributed by atoms with Crippen molar-refractivity contribution in [2.75, 3.05) is 51.3 Å².